The Labute approximate surface area is 199 Å². The van der Waals surface area contributed by atoms with E-state index in [1.54, 1.807) is 12.1 Å². The lowest BCUT2D eigenvalue weighted by molar-refractivity contribution is -0.127. The number of fused-ring (bicyclic) bond motifs is 1. The fraction of sp³-hybridized carbons (Fsp3) is 0.286. The zero-order chi connectivity index (χ0) is 23.5. The second-order valence-electron chi connectivity index (χ2n) is 9.11. The second-order valence-corrected chi connectivity index (χ2v) is 9.11. The number of carbonyl (C=O) groups is 1. The molecule has 1 fully saturated rings. The fourth-order valence-electron chi connectivity index (χ4n) is 4.71. The van der Waals surface area contributed by atoms with Crippen LogP contribution in [0.25, 0.3) is 16.7 Å². The van der Waals surface area contributed by atoms with Gasteiger partial charge >= 0.3 is 0 Å². The zero-order valence-electron chi connectivity index (χ0n) is 19.4. The van der Waals surface area contributed by atoms with Crippen molar-refractivity contribution in [2.24, 2.45) is 5.92 Å². The molecule has 4 aromatic rings. The maximum atomic E-state index is 13.6. The number of carbonyl (C=O) groups excluding carboxylic acids is 1. The number of halogens is 1. The van der Waals surface area contributed by atoms with Crippen LogP contribution in [-0.4, -0.2) is 33.4 Å². The Balaban J connectivity index is 1.31. The molecule has 0 unspecified atom stereocenters. The summed E-state index contributed by atoms with van der Waals surface area (Å²) in [5.41, 5.74) is 5.11. The highest BCUT2D eigenvalue weighted by molar-refractivity contribution is 5.79. The van der Waals surface area contributed by atoms with E-state index in [1.165, 1.54) is 17.7 Å². The number of likely N-dealkylation sites (tertiary alicyclic amines) is 1. The highest BCUT2D eigenvalue weighted by Gasteiger charge is 2.27. The molecular formula is C28H29FN4O. The molecule has 5 rings (SSSR count). The summed E-state index contributed by atoms with van der Waals surface area (Å²) in [7, 11) is 0. The molecule has 1 amide bonds. The first-order chi connectivity index (χ1) is 16.6. The van der Waals surface area contributed by atoms with Crippen molar-refractivity contribution in [1.82, 2.24) is 19.8 Å². The number of aryl methyl sites for hydroxylation is 1. The number of hydrogen-bond donors (Lipinski definition) is 1. The summed E-state index contributed by atoms with van der Waals surface area (Å²) in [5.74, 6) is 0.707. The highest BCUT2D eigenvalue weighted by atomic mass is 19.1. The number of hydrogen-bond acceptors (Lipinski definition) is 3. The predicted molar refractivity (Wildman–Crippen MR) is 132 cm³/mol. The SMILES string of the molecule is Cc1ccc(CNC(=O)[C@@H]2CCCN(Cc3nc4ccccc4n3-c3ccc(F)cc3)C2)cc1. The maximum Gasteiger partial charge on any atom is 0.224 e. The molecule has 34 heavy (non-hydrogen) atoms. The van der Waals surface area contributed by atoms with Gasteiger partial charge in [0.1, 0.15) is 11.6 Å². The molecule has 5 nitrogen and oxygen atoms in total. The van der Waals surface area contributed by atoms with Crippen molar-refractivity contribution >= 4 is 16.9 Å². The predicted octanol–water partition coefficient (Wildman–Crippen LogP) is 5.00. The van der Waals surface area contributed by atoms with E-state index in [4.69, 9.17) is 4.98 Å². The summed E-state index contributed by atoms with van der Waals surface area (Å²) in [6.45, 7) is 4.87. The van der Waals surface area contributed by atoms with Crippen molar-refractivity contribution in [2.75, 3.05) is 13.1 Å². The minimum Gasteiger partial charge on any atom is -0.352 e. The monoisotopic (exact) mass is 456 g/mol. The van der Waals surface area contributed by atoms with Crippen LogP contribution in [-0.2, 0) is 17.9 Å². The number of para-hydroxylation sites is 2. The summed E-state index contributed by atoms with van der Waals surface area (Å²) in [4.78, 5) is 20.1. The molecule has 1 aromatic heterocycles. The van der Waals surface area contributed by atoms with Crippen LogP contribution in [0.4, 0.5) is 4.39 Å². The van der Waals surface area contributed by atoms with E-state index >= 15 is 0 Å². The summed E-state index contributed by atoms with van der Waals surface area (Å²) < 4.78 is 15.6. The Kier molecular flexibility index (Phi) is 6.41. The highest BCUT2D eigenvalue weighted by Crippen LogP contribution is 2.25. The largest absolute Gasteiger partial charge is 0.352 e. The Hall–Kier alpha value is -3.51. The molecule has 0 bridgehead atoms. The standard InChI is InChI=1S/C28H29FN4O/c1-20-8-10-21(11-9-20)17-30-28(34)22-5-4-16-32(18-22)19-27-31-25-6-2-3-7-26(25)33(27)24-14-12-23(29)13-15-24/h2-3,6-15,22H,4-5,16-19H2,1H3,(H,30,34)/t22-/m1/s1. The average molecular weight is 457 g/mol. The van der Waals surface area contributed by atoms with Crippen LogP contribution in [0.15, 0.2) is 72.8 Å². The molecule has 6 heteroatoms. The van der Waals surface area contributed by atoms with Crippen molar-refractivity contribution < 1.29 is 9.18 Å². The molecule has 1 saturated heterocycles. The fourth-order valence-corrected chi connectivity index (χ4v) is 4.71. The van der Waals surface area contributed by atoms with Crippen LogP contribution in [0.5, 0.6) is 0 Å². The van der Waals surface area contributed by atoms with Crippen molar-refractivity contribution in [3.05, 3.63) is 95.6 Å². The van der Waals surface area contributed by atoms with Gasteiger partial charge in [-0.3, -0.25) is 14.3 Å². The Morgan fingerprint density at radius 1 is 1.06 bits per heavy atom. The molecule has 0 spiro atoms. The zero-order valence-corrected chi connectivity index (χ0v) is 19.4. The van der Waals surface area contributed by atoms with Gasteiger partial charge in [-0.1, -0.05) is 42.0 Å². The third-order valence-corrected chi connectivity index (χ3v) is 6.54. The lowest BCUT2D eigenvalue weighted by Gasteiger charge is -2.31. The van der Waals surface area contributed by atoms with Gasteiger partial charge < -0.3 is 5.32 Å². The smallest absolute Gasteiger partial charge is 0.224 e. The topological polar surface area (TPSA) is 50.2 Å². The van der Waals surface area contributed by atoms with Gasteiger partial charge in [-0.05, 0) is 68.3 Å². The van der Waals surface area contributed by atoms with Gasteiger partial charge in [-0.25, -0.2) is 9.37 Å². The van der Waals surface area contributed by atoms with E-state index in [2.05, 4.69) is 46.0 Å². The van der Waals surface area contributed by atoms with E-state index in [0.717, 1.165) is 47.5 Å². The second kappa shape index (κ2) is 9.77. The van der Waals surface area contributed by atoms with Crippen LogP contribution in [0.2, 0.25) is 0 Å². The maximum absolute atomic E-state index is 13.6. The number of nitrogens with one attached hydrogen (secondary N) is 1. The Bertz CT molecular complexity index is 1280. The lowest BCUT2D eigenvalue weighted by Crippen LogP contribution is -2.42. The minimum atomic E-state index is -0.259. The van der Waals surface area contributed by atoms with Crippen molar-refractivity contribution in [3.63, 3.8) is 0 Å². The molecule has 3 aromatic carbocycles. The number of piperidine rings is 1. The molecule has 0 saturated carbocycles. The van der Waals surface area contributed by atoms with Crippen LogP contribution < -0.4 is 5.32 Å². The van der Waals surface area contributed by atoms with E-state index in [-0.39, 0.29) is 17.6 Å². The molecule has 0 radical (unpaired) electrons. The van der Waals surface area contributed by atoms with Crippen LogP contribution >= 0.6 is 0 Å². The molecule has 0 aliphatic carbocycles. The first kappa shape index (κ1) is 22.3. The number of amides is 1. The van der Waals surface area contributed by atoms with E-state index in [1.807, 2.05) is 24.3 Å². The molecule has 174 valence electrons. The minimum absolute atomic E-state index is 0.0390. The number of aromatic nitrogens is 2. The van der Waals surface area contributed by atoms with E-state index in [0.29, 0.717) is 19.6 Å². The summed E-state index contributed by atoms with van der Waals surface area (Å²) in [6, 6.07) is 22.8. The Morgan fingerprint density at radius 2 is 1.82 bits per heavy atom. The first-order valence-electron chi connectivity index (χ1n) is 11.8. The third kappa shape index (κ3) is 4.87. The van der Waals surface area contributed by atoms with Crippen LogP contribution in [0.1, 0.15) is 29.8 Å². The van der Waals surface area contributed by atoms with Crippen molar-refractivity contribution in [3.8, 4) is 5.69 Å². The molecule has 1 atom stereocenters. The van der Waals surface area contributed by atoms with E-state index < -0.39 is 0 Å². The lowest BCUT2D eigenvalue weighted by atomic mass is 9.97. The van der Waals surface area contributed by atoms with Gasteiger partial charge in [-0.15, -0.1) is 0 Å². The summed E-state index contributed by atoms with van der Waals surface area (Å²) in [5, 5.41) is 3.11. The van der Waals surface area contributed by atoms with Gasteiger partial charge in [0.05, 0.1) is 23.5 Å². The molecule has 2 heterocycles. The van der Waals surface area contributed by atoms with Gasteiger partial charge in [0.2, 0.25) is 5.91 Å². The summed E-state index contributed by atoms with van der Waals surface area (Å²) in [6.07, 6.45) is 1.87. The molecule has 1 aliphatic heterocycles. The van der Waals surface area contributed by atoms with Gasteiger partial charge in [0.25, 0.3) is 0 Å². The molecule has 1 aliphatic rings. The van der Waals surface area contributed by atoms with Gasteiger partial charge in [-0.2, -0.15) is 0 Å². The van der Waals surface area contributed by atoms with Crippen LogP contribution in [0.3, 0.4) is 0 Å². The van der Waals surface area contributed by atoms with Gasteiger partial charge in [0.15, 0.2) is 0 Å². The quantitative estimate of drug-likeness (QED) is 0.444. The number of imidazole rings is 1. The number of rotatable bonds is 6. The van der Waals surface area contributed by atoms with Crippen LogP contribution in [0, 0.1) is 18.7 Å². The normalized spacial score (nSPS) is 16.6. The third-order valence-electron chi connectivity index (χ3n) is 6.54. The first-order valence-corrected chi connectivity index (χ1v) is 11.8. The molecule has 1 N–H and O–H groups in total. The average Bonchev–Trinajstić information content (AvgIpc) is 3.22. The van der Waals surface area contributed by atoms with E-state index in [9.17, 15) is 9.18 Å². The Morgan fingerprint density at radius 3 is 2.62 bits per heavy atom. The number of nitrogens with zero attached hydrogens (tertiary/aromatic N) is 3. The van der Waals surface area contributed by atoms with Crippen molar-refractivity contribution in [1.29, 1.82) is 0 Å². The number of benzene rings is 3. The van der Waals surface area contributed by atoms with Gasteiger partial charge in [0, 0.05) is 18.8 Å². The summed E-state index contributed by atoms with van der Waals surface area (Å²) >= 11 is 0. The van der Waals surface area contributed by atoms with Crippen molar-refractivity contribution in [2.45, 2.75) is 32.9 Å². The molecular weight excluding hydrogens is 427 g/mol.